The molecule has 0 amide bonds. The SMILES string of the molecule is c1ccc(N(c2ccccc2)n2c3ccc4c5c3c3c6c(cccc6ccc32)C5(c2ccccc2)c2ccccc2-4)cc1. The van der Waals surface area contributed by atoms with E-state index in [1.807, 2.05) is 0 Å². The molecule has 7 aromatic carbocycles. The molecule has 1 unspecified atom stereocenters. The zero-order valence-electron chi connectivity index (χ0n) is 23.4. The maximum atomic E-state index is 2.45. The van der Waals surface area contributed by atoms with E-state index >= 15 is 0 Å². The zero-order valence-corrected chi connectivity index (χ0v) is 23.4. The monoisotopic (exact) mass is 546 g/mol. The summed E-state index contributed by atoms with van der Waals surface area (Å²) >= 11 is 0. The van der Waals surface area contributed by atoms with Crippen LogP contribution in [0.4, 0.5) is 11.4 Å². The van der Waals surface area contributed by atoms with E-state index in [9.17, 15) is 0 Å². The first kappa shape index (κ1) is 23.0. The lowest BCUT2D eigenvalue weighted by atomic mass is 9.63. The van der Waals surface area contributed by atoms with Gasteiger partial charge in [0.15, 0.2) is 0 Å². The van der Waals surface area contributed by atoms with Crippen molar-refractivity contribution in [2.24, 2.45) is 0 Å². The Morgan fingerprint density at radius 2 is 1.02 bits per heavy atom. The van der Waals surface area contributed by atoms with Gasteiger partial charge in [-0.15, -0.1) is 0 Å². The minimum Gasteiger partial charge on any atom is -0.249 e. The predicted molar refractivity (Wildman–Crippen MR) is 178 cm³/mol. The van der Waals surface area contributed by atoms with Crippen molar-refractivity contribution >= 4 is 44.0 Å². The Hall–Kier alpha value is -5.60. The Balaban J connectivity index is 1.46. The number of para-hydroxylation sites is 2. The molecule has 10 rings (SSSR count). The Labute approximate surface area is 249 Å². The molecular formula is C41H26N2. The number of anilines is 2. The largest absolute Gasteiger partial charge is 0.249 e. The van der Waals surface area contributed by atoms with Gasteiger partial charge in [-0.2, -0.15) is 0 Å². The van der Waals surface area contributed by atoms with Crippen LogP contribution in [0.3, 0.4) is 0 Å². The van der Waals surface area contributed by atoms with E-state index in [-0.39, 0.29) is 0 Å². The molecule has 0 saturated carbocycles. The number of benzene rings is 7. The maximum Gasteiger partial charge on any atom is 0.0726 e. The van der Waals surface area contributed by atoms with Gasteiger partial charge < -0.3 is 0 Å². The molecule has 1 aromatic heterocycles. The van der Waals surface area contributed by atoms with E-state index < -0.39 is 5.41 Å². The Bertz CT molecular complexity index is 2350. The van der Waals surface area contributed by atoms with Crippen LogP contribution >= 0.6 is 0 Å². The van der Waals surface area contributed by atoms with Crippen molar-refractivity contribution in [2.45, 2.75) is 5.41 Å². The number of rotatable bonds is 4. The van der Waals surface area contributed by atoms with E-state index in [2.05, 4.69) is 167 Å². The van der Waals surface area contributed by atoms with E-state index in [1.165, 1.54) is 66.0 Å². The first-order valence-corrected chi connectivity index (χ1v) is 15.0. The molecular weight excluding hydrogens is 520 g/mol. The average molecular weight is 547 g/mol. The Kier molecular flexibility index (Phi) is 4.41. The summed E-state index contributed by atoms with van der Waals surface area (Å²) in [6.07, 6.45) is 0. The number of hydrogen-bond donors (Lipinski definition) is 0. The summed E-state index contributed by atoms with van der Waals surface area (Å²) in [6, 6.07) is 58.0. The minimum absolute atomic E-state index is 0.399. The van der Waals surface area contributed by atoms with Crippen molar-refractivity contribution < 1.29 is 0 Å². The first-order valence-electron chi connectivity index (χ1n) is 15.0. The number of aromatic nitrogens is 1. The van der Waals surface area contributed by atoms with Gasteiger partial charge in [0.2, 0.25) is 0 Å². The number of nitrogens with zero attached hydrogens (tertiary/aromatic N) is 2. The predicted octanol–water partition coefficient (Wildman–Crippen LogP) is 10.2. The molecule has 1 atom stereocenters. The molecule has 2 aliphatic carbocycles. The third-order valence-corrected chi connectivity index (χ3v) is 9.72. The van der Waals surface area contributed by atoms with Gasteiger partial charge >= 0.3 is 0 Å². The smallest absolute Gasteiger partial charge is 0.0726 e. The van der Waals surface area contributed by atoms with Crippen molar-refractivity contribution in [1.29, 1.82) is 0 Å². The fraction of sp³-hybridized carbons (Fsp3) is 0.0244. The summed E-state index contributed by atoms with van der Waals surface area (Å²) in [5.74, 6) is 0. The summed E-state index contributed by atoms with van der Waals surface area (Å²) < 4.78 is 2.45. The lowest BCUT2D eigenvalue weighted by Crippen LogP contribution is -2.30. The quantitative estimate of drug-likeness (QED) is 0.213. The fourth-order valence-electron chi connectivity index (χ4n) is 8.21. The second-order valence-electron chi connectivity index (χ2n) is 11.7. The molecule has 0 saturated heterocycles. The molecule has 0 N–H and O–H groups in total. The van der Waals surface area contributed by atoms with Crippen LogP contribution in [0.2, 0.25) is 0 Å². The summed E-state index contributed by atoms with van der Waals surface area (Å²) in [5.41, 5.74) is 12.4. The van der Waals surface area contributed by atoms with Crippen LogP contribution in [-0.4, -0.2) is 4.68 Å². The van der Waals surface area contributed by atoms with Gasteiger partial charge in [-0.3, -0.25) is 0 Å². The maximum absolute atomic E-state index is 2.45. The second kappa shape index (κ2) is 8.24. The molecule has 8 aromatic rings. The van der Waals surface area contributed by atoms with Crippen LogP contribution in [0.5, 0.6) is 0 Å². The lowest BCUT2D eigenvalue weighted by Gasteiger charge is -2.37. The molecule has 1 heterocycles. The molecule has 43 heavy (non-hydrogen) atoms. The van der Waals surface area contributed by atoms with Crippen molar-refractivity contribution in [1.82, 2.24) is 4.68 Å². The van der Waals surface area contributed by atoms with E-state index in [1.54, 1.807) is 0 Å². The summed E-state index contributed by atoms with van der Waals surface area (Å²) in [4.78, 5) is 0. The van der Waals surface area contributed by atoms with E-state index in [0.29, 0.717) is 0 Å². The molecule has 2 aliphatic rings. The summed E-state index contributed by atoms with van der Waals surface area (Å²) in [5, 5.41) is 7.72. The van der Waals surface area contributed by atoms with Crippen molar-refractivity contribution in [3.63, 3.8) is 0 Å². The Morgan fingerprint density at radius 1 is 0.419 bits per heavy atom. The zero-order chi connectivity index (χ0) is 28.1. The third-order valence-electron chi connectivity index (χ3n) is 9.72. The van der Waals surface area contributed by atoms with Gasteiger partial charge in [0.25, 0.3) is 0 Å². The highest BCUT2D eigenvalue weighted by atomic mass is 15.6. The molecule has 0 fully saturated rings. The average Bonchev–Trinajstić information content (AvgIpc) is 3.57. The normalized spacial score (nSPS) is 16.0. The van der Waals surface area contributed by atoms with Gasteiger partial charge in [-0.25, -0.2) is 9.69 Å². The minimum atomic E-state index is -0.399. The van der Waals surface area contributed by atoms with Crippen LogP contribution in [0.15, 0.2) is 158 Å². The molecule has 0 bridgehead atoms. The molecule has 0 aliphatic heterocycles. The van der Waals surface area contributed by atoms with Gasteiger partial charge in [-0.05, 0) is 80.6 Å². The van der Waals surface area contributed by atoms with Crippen LogP contribution in [0.1, 0.15) is 22.3 Å². The lowest BCUT2D eigenvalue weighted by molar-refractivity contribution is 0.782. The third kappa shape index (κ3) is 2.74. The van der Waals surface area contributed by atoms with Crippen molar-refractivity contribution in [3.8, 4) is 11.1 Å². The van der Waals surface area contributed by atoms with Crippen LogP contribution in [0.25, 0.3) is 43.7 Å². The van der Waals surface area contributed by atoms with Gasteiger partial charge in [-0.1, -0.05) is 121 Å². The highest BCUT2D eigenvalue weighted by molar-refractivity contribution is 6.27. The van der Waals surface area contributed by atoms with E-state index in [4.69, 9.17) is 0 Å². The van der Waals surface area contributed by atoms with Crippen molar-refractivity contribution in [3.05, 3.63) is 180 Å². The van der Waals surface area contributed by atoms with Crippen LogP contribution < -0.4 is 5.01 Å². The van der Waals surface area contributed by atoms with Gasteiger partial charge in [0.05, 0.1) is 27.8 Å². The highest BCUT2D eigenvalue weighted by Crippen LogP contribution is 2.63. The van der Waals surface area contributed by atoms with Crippen molar-refractivity contribution in [2.75, 3.05) is 5.01 Å². The molecule has 0 spiro atoms. The Morgan fingerprint density at radius 3 is 1.77 bits per heavy atom. The van der Waals surface area contributed by atoms with Crippen LogP contribution in [-0.2, 0) is 5.41 Å². The standard InChI is InChI=1S/C41H26N2/c1-4-14-28(15-5-1)41-33-21-11-10-20-31(33)32-24-26-36-39(40(32)41)38-35(25-23-27-13-12-22-34(41)37(27)38)43(36)42(29-16-6-2-7-17-29)30-18-8-3-9-19-30/h1-26H. The van der Waals surface area contributed by atoms with E-state index in [0.717, 1.165) is 11.4 Å². The van der Waals surface area contributed by atoms with Gasteiger partial charge in [0.1, 0.15) is 0 Å². The summed E-state index contributed by atoms with van der Waals surface area (Å²) in [6.45, 7) is 0. The fourth-order valence-corrected chi connectivity index (χ4v) is 8.21. The first-order chi connectivity index (χ1) is 21.4. The molecule has 200 valence electrons. The summed E-state index contributed by atoms with van der Waals surface area (Å²) in [7, 11) is 0. The molecule has 2 nitrogen and oxygen atoms in total. The van der Waals surface area contributed by atoms with Crippen LogP contribution in [0, 0.1) is 0 Å². The van der Waals surface area contributed by atoms with Gasteiger partial charge in [0, 0.05) is 10.8 Å². The number of hydrogen-bond acceptors (Lipinski definition) is 1. The second-order valence-corrected chi connectivity index (χ2v) is 11.7. The molecule has 0 radical (unpaired) electrons. The molecule has 2 heteroatoms. The topological polar surface area (TPSA) is 8.17 Å². The number of fused-ring (bicyclic) bond motifs is 4. The highest BCUT2D eigenvalue weighted by Gasteiger charge is 2.50.